The van der Waals surface area contributed by atoms with Crippen LogP contribution in [0, 0.1) is 11.2 Å². The third-order valence-electron chi connectivity index (χ3n) is 5.64. The first-order valence-corrected chi connectivity index (χ1v) is 9.35. The van der Waals surface area contributed by atoms with Crippen LogP contribution in [-0.4, -0.2) is 58.7 Å². The van der Waals surface area contributed by atoms with E-state index in [0.29, 0.717) is 0 Å². The summed E-state index contributed by atoms with van der Waals surface area (Å²) in [4.78, 5) is 9.41. The summed E-state index contributed by atoms with van der Waals surface area (Å²) < 4.78 is 21.2. The van der Waals surface area contributed by atoms with Crippen LogP contribution in [0.25, 0.3) is 0 Å². The molecule has 1 unspecified atom stereocenters. The van der Waals surface area contributed by atoms with Crippen LogP contribution in [0.1, 0.15) is 17.8 Å². The van der Waals surface area contributed by atoms with E-state index in [4.69, 9.17) is 4.74 Å². The van der Waals surface area contributed by atoms with Crippen molar-refractivity contribution in [3.63, 3.8) is 0 Å². The van der Waals surface area contributed by atoms with Crippen molar-refractivity contribution in [2.24, 2.45) is 12.5 Å². The van der Waals surface area contributed by atoms with Gasteiger partial charge in [-0.3, -0.25) is 9.80 Å². The molecule has 1 spiro atoms. The third-order valence-corrected chi connectivity index (χ3v) is 5.64. The van der Waals surface area contributed by atoms with Gasteiger partial charge in [-0.25, -0.2) is 9.37 Å². The number of nitrogens with zero attached hydrogens (tertiary/aromatic N) is 4. The number of rotatable bonds is 4. The molecular weight excluding hydrogens is 331 g/mol. The number of aromatic nitrogens is 2. The van der Waals surface area contributed by atoms with E-state index in [9.17, 15) is 4.39 Å². The van der Waals surface area contributed by atoms with E-state index in [1.54, 1.807) is 12.1 Å². The molecule has 0 N–H and O–H groups in total. The zero-order valence-electron chi connectivity index (χ0n) is 15.4. The zero-order chi connectivity index (χ0) is 18.0. The highest BCUT2D eigenvalue weighted by Crippen LogP contribution is 2.34. The van der Waals surface area contributed by atoms with E-state index in [-0.39, 0.29) is 11.2 Å². The van der Waals surface area contributed by atoms with Crippen LogP contribution in [-0.2, 0) is 24.9 Å². The van der Waals surface area contributed by atoms with Crippen LogP contribution in [0.15, 0.2) is 36.7 Å². The first kappa shape index (κ1) is 17.6. The molecular formula is C20H27FN4O. The van der Waals surface area contributed by atoms with Crippen LogP contribution < -0.4 is 0 Å². The van der Waals surface area contributed by atoms with E-state index < -0.39 is 0 Å². The average Bonchev–Trinajstić information content (AvgIpc) is 3.14. The minimum atomic E-state index is -0.176. The van der Waals surface area contributed by atoms with Crippen LogP contribution in [0.4, 0.5) is 4.39 Å². The SMILES string of the molecule is Cn1ccnc1CN1CCC2(COCCN(Cc3ccc(F)cc3)C2)C1. The standard InChI is InChI=1S/C20H27FN4O/c1-23-9-7-22-19(23)13-24-8-6-20(14-24)15-25(10-11-26-16-20)12-17-2-4-18(21)5-3-17/h2-5,7,9H,6,8,10-16H2,1H3. The molecule has 6 heteroatoms. The molecule has 0 amide bonds. The Bertz CT molecular complexity index is 732. The van der Waals surface area contributed by atoms with Crippen molar-refractivity contribution in [2.75, 3.05) is 39.4 Å². The van der Waals surface area contributed by atoms with Gasteiger partial charge in [0, 0.05) is 51.0 Å². The lowest BCUT2D eigenvalue weighted by molar-refractivity contribution is 0.0703. The Kier molecular flexibility index (Phi) is 5.07. The summed E-state index contributed by atoms with van der Waals surface area (Å²) >= 11 is 0. The number of likely N-dealkylation sites (tertiary alicyclic amines) is 1. The molecule has 2 aliphatic heterocycles. The molecule has 2 saturated heterocycles. The number of hydrogen-bond acceptors (Lipinski definition) is 4. The maximum Gasteiger partial charge on any atom is 0.123 e. The maximum atomic E-state index is 13.2. The van der Waals surface area contributed by atoms with Crippen molar-refractivity contribution in [3.05, 3.63) is 53.9 Å². The fourth-order valence-corrected chi connectivity index (χ4v) is 4.22. The number of ether oxygens (including phenoxy) is 1. The Morgan fingerprint density at radius 3 is 2.62 bits per heavy atom. The van der Waals surface area contributed by atoms with Gasteiger partial charge in [-0.15, -0.1) is 0 Å². The summed E-state index contributed by atoms with van der Waals surface area (Å²) in [6.07, 6.45) is 5.01. The Balaban J connectivity index is 1.40. The van der Waals surface area contributed by atoms with E-state index in [1.165, 1.54) is 0 Å². The first-order valence-electron chi connectivity index (χ1n) is 9.35. The fraction of sp³-hybridized carbons (Fsp3) is 0.550. The minimum Gasteiger partial charge on any atom is -0.379 e. The highest BCUT2D eigenvalue weighted by molar-refractivity contribution is 5.16. The van der Waals surface area contributed by atoms with Crippen LogP contribution in [0.2, 0.25) is 0 Å². The predicted molar refractivity (Wildman–Crippen MR) is 98.0 cm³/mol. The summed E-state index contributed by atoms with van der Waals surface area (Å²) in [5.41, 5.74) is 1.34. The van der Waals surface area contributed by atoms with Gasteiger partial charge in [0.2, 0.25) is 0 Å². The van der Waals surface area contributed by atoms with Gasteiger partial charge in [-0.05, 0) is 30.7 Å². The Morgan fingerprint density at radius 1 is 1.12 bits per heavy atom. The van der Waals surface area contributed by atoms with Gasteiger partial charge in [-0.1, -0.05) is 12.1 Å². The van der Waals surface area contributed by atoms with E-state index in [1.807, 2.05) is 31.6 Å². The summed E-state index contributed by atoms with van der Waals surface area (Å²) in [6.45, 7) is 7.42. The molecule has 1 atom stereocenters. The van der Waals surface area contributed by atoms with Gasteiger partial charge in [0.25, 0.3) is 0 Å². The summed E-state index contributed by atoms with van der Waals surface area (Å²) in [7, 11) is 2.05. The molecule has 0 aliphatic carbocycles. The van der Waals surface area contributed by atoms with Gasteiger partial charge < -0.3 is 9.30 Å². The lowest BCUT2D eigenvalue weighted by Crippen LogP contribution is -2.40. The fourth-order valence-electron chi connectivity index (χ4n) is 4.22. The van der Waals surface area contributed by atoms with Gasteiger partial charge in [0.05, 0.1) is 19.8 Å². The molecule has 3 heterocycles. The van der Waals surface area contributed by atoms with Gasteiger partial charge >= 0.3 is 0 Å². The largest absolute Gasteiger partial charge is 0.379 e. The number of halogens is 1. The van der Waals surface area contributed by atoms with Crippen LogP contribution in [0.3, 0.4) is 0 Å². The second-order valence-corrected chi connectivity index (χ2v) is 7.80. The molecule has 5 nitrogen and oxygen atoms in total. The lowest BCUT2D eigenvalue weighted by atomic mass is 9.87. The predicted octanol–water partition coefficient (Wildman–Crippen LogP) is 2.28. The molecule has 2 fully saturated rings. The number of hydrogen-bond donors (Lipinski definition) is 0. The van der Waals surface area contributed by atoms with Crippen molar-refractivity contribution >= 4 is 0 Å². The molecule has 2 aromatic rings. The monoisotopic (exact) mass is 358 g/mol. The van der Waals surface area contributed by atoms with Gasteiger partial charge in [0.15, 0.2) is 0 Å². The molecule has 0 bridgehead atoms. The van der Waals surface area contributed by atoms with E-state index >= 15 is 0 Å². The first-order chi connectivity index (χ1) is 12.6. The van der Waals surface area contributed by atoms with Crippen molar-refractivity contribution in [1.29, 1.82) is 0 Å². The zero-order valence-corrected chi connectivity index (χ0v) is 15.4. The molecule has 26 heavy (non-hydrogen) atoms. The van der Waals surface area contributed by atoms with E-state index in [2.05, 4.69) is 19.4 Å². The van der Waals surface area contributed by atoms with Crippen molar-refractivity contribution < 1.29 is 9.13 Å². The summed E-state index contributed by atoms with van der Waals surface area (Å²) in [6, 6.07) is 6.86. The molecule has 1 aromatic carbocycles. The van der Waals surface area contributed by atoms with Gasteiger partial charge in [0.1, 0.15) is 11.6 Å². The molecule has 0 saturated carbocycles. The number of benzene rings is 1. The summed E-state index contributed by atoms with van der Waals surface area (Å²) in [5, 5.41) is 0. The van der Waals surface area contributed by atoms with Crippen molar-refractivity contribution in [2.45, 2.75) is 19.5 Å². The van der Waals surface area contributed by atoms with E-state index in [0.717, 1.165) is 70.3 Å². The Labute approximate surface area is 154 Å². The van der Waals surface area contributed by atoms with Crippen LogP contribution in [0.5, 0.6) is 0 Å². The average molecular weight is 358 g/mol. The topological polar surface area (TPSA) is 33.5 Å². The Morgan fingerprint density at radius 2 is 1.88 bits per heavy atom. The van der Waals surface area contributed by atoms with Crippen molar-refractivity contribution in [3.8, 4) is 0 Å². The molecule has 0 radical (unpaired) electrons. The summed E-state index contributed by atoms with van der Waals surface area (Å²) in [5.74, 6) is 0.935. The van der Waals surface area contributed by atoms with Gasteiger partial charge in [-0.2, -0.15) is 0 Å². The number of aryl methyl sites for hydroxylation is 1. The minimum absolute atomic E-state index is 0.176. The lowest BCUT2D eigenvalue weighted by Gasteiger charge is -2.32. The highest BCUT2D eigenvalue weighted by atomic mass is 19.1. The van der Waals surface area contributed by atoms with Crippen LogP contribution >= 0.6 is 0 Å². The maximum absolute atomic E-state index is 13.2. The number of imidazole rings is 1. The second kappa shape index (κ2) is 7.47. The third kappa shape index (κ3) is 3.98. The molecule has 4 rings (SSSR count). The normalized spacial score (nSPS) is 25.0. The smallest absolute Gasteiger partial charge is 0.123 e. The molecule has 140 valence electrons. The molecule has 1 aromatic heterocycles. The van der Waals surface area contributed by atoms with Crippen molar-refractivity contribution in [1.82, 2.24) is 19.4 Å². The molecule has 2 aliphatic rings. The highest BCUT2D eigenvalue weighted by Gasteiger charge is 2.41. The quantitative estimate of drug-likeness (QED) is 0.840. The second-order valence-electron chi connectivity index (χ2n) is 7.80. The Hall–Kier alpha value is -1.76.